The van der Waals surface area contributed by atoms with E-state index in [2.05, 4.69) is 10.3 Å². The molecule has 0 saturated heterocycles. The first-order chi connectivity index (χ1) is 15.0. The van der Waals surface area contributed by atoms with Crippen LogP contribution in [0, 0.1) is 5.82 Å². The van der Waals surface area contributed by atoms with E-state index in [4.69, 9.17) is 0 Å². The second-order valence-corrected chi connectivity index (χ2v) is 8.57. The number of aryl methyl sites for hydroxylation is 1. The molecule has 0 bridgehead atoms. The lowest BCUT2D eigenvalue weighted by Crippen LogP contribution is -2.39. The van der Waals surface area contributed by atoms with E-state index in [1.54, 1.807) is 23.9 Å². The Hall–Kier alpha value is -3.25. The number of benzene rings is 2. The van der Waals surface area contributed by atoms with Gasteiger partial charge in [0.05, 0.1) is 17.0 Å². The van der Waals surface area contributed by atoms with Crippen LogP contribution in [0.25, 0.3) is 0 Å². The van der Waals surface area contributed by atoms with E-state index in [-0.39, 0.29) is 0 Å². The molecule has 1 heterocycles. The van der Waals surface area contributed by atoms with Crippen molar-refractivity contribution in [2.24, 2.45) is 7.05 Å². The van der Waals surface area contributed by atoms with Crippen LogP contribution < -0.4 is 10.0 Å². The van der Waals surface area contributed by atoms with Gasteiger partial charge < -0.3 is 9.88 Å². The number of nitrogens with zero attached hydrogens (tertiary/aromatic N) is 2. The van der Waals surface area contributed by atoms with E-state index in [1.807, 2.05) is 4.72 Å². The summed E-state index contributed by atoms with van der Waals surface area (Å²) in [4.78, 5) is 16.0. The number of alkyl halides is 3. The van der Waals surface area contributed by atoms with E-state index in [9.17, 15) is 30.8 Å². The van der Waals surface area contributed by atoms with Crippen molar-refractivity contribution >= 4 is 15.9 Å². The van der Waals surface area contributed by atoms with Crippen LogP contribution in [0.15, 0.2) is 65.8 Å². The molecule has 3 rings (SSSR count). The number of carbonyl (C=O) groups excluding carboxylic acids is 1. The maximum absolute atomic E-state index is 13.7. The summed E-state index contributed by atoms with van der Waals surface area (Å²) >= 11 is 0. The molecule has 0 aliphatic carbocycles. The van der Waals surface area contributed by atoms with Crippen molar-refractivity contribution in [3.63, 3.8) is 0 Å². The summed E-state index contributed by atoms with van der Waals surface area (Å²) in [6.45, 7) is -0.755. The summed E-state index contributed by atoms with van der Waals surface area (Å²) in [6.07, 6.45) is -1.63. The Morgan fingerprint density at radius 2 is 1.88 bits per heavy atom. The molecule has 12 heteroatoms. The monoisotopic (exact) mass is 470 g/mol. The predicted molar refractivity (Wildman–Crippen MR) is 106 cm³/mol. The average molecular weight is 470 g/mol. The highest BCUT2D eigenvalue weighted by Crippen LogP contribution is 2.30. The Morgan fingerprint density at radius 3 is 2.50 bits per heavy atom. The maximum Gasteiger partial charge on any atom is 0.416 e. The van der Waals surface area contributed by atoms with Crippen LogP contribution in [0.2, 0.25) is 0 Å². The summed E-state index contributed by atoms with van der Waals surface area (Å²) in [6, 6.07) is 7.70. The van der Waals surface area contributed by atoms with Crippen LogP contribution in [-0.4, -0.2) is 30.4 Å². The van der Waals surface area contributed by atoms with E-state index < -0.39 is 51.0 Å². The van der Waals surface area contributed by atoms with Gasteiger partial charge in [-0.05, 0) is 35.9 Å². The highest BCUT2D eigenvalue weighted by molar-refractivity contribution is 7.89. The molecule has 170 valence electrons. The Balaban J connectivity index is 1.76. The van der Waals surface area contributed by atoms with Crippen molar-refractivity contribution in [1.29, 1.82) is 0 Å². The largest absolute Gasteiger partial charge is 0.416 e. The minimum atomic E-state index is -4.72. The van der Waals surface area contributed by atoms with Crippen molar-refractivity contribution in [1.82, 2.24) is 19.6 Å². The molecule has 7 nitrogen and oxygen atoms in total. The maximum atomic E-state index is 13.7. The number of amides is 1. The zero-order valence-corrected chi connectivity index (χ0v) is 17.4. The molecule has 0 radical (unpaired) electrons. The third-order valence-corrected chi connectivity index (χ3v) is 5.90. The number of carbonyl (C=O) groups is 1. The number of aromatic nitrogens is 2. The van der Waals surface area contributed by atoms with E-state index in [0.717, 1.165) is 18.2 Å². The minimum Gasteiger partial charge on any atom is -0.341 e. The molecule has 1 amide bonds. The molecule has 0 aliphatic rings. The number of halogens is 4. The van der Waals surface area contributed by atoms with Crippen molar-refractivity contribution in [2.75, 3.05) is 6.54 Å². The number of imidazole rings is 1. The van der Waals surface area contributed by atoms with E-state index >= 15 is 0 Å². The zero-order valence-electron chi connectivity index (χ0n) is 16.6. The van der Waals surface area contributed by atoms with Gasteiger partial charge >= 0.3 is 6.18 Å². The molecule has 2 aromatic carbocycles. The molecule has 1 atom stereocenters. The van der Waals surface area contributed by atoms with Crippen LogP contribution in [0.5, 0.6) is 0 Å². The van der Waals surface area contributed by atoms with Gasteiger partial charge in [-0.25, -0.2) is 22.5 Å². The molecule has 2 N–H and O–H groups in total. The molecule has 1 aromatic heterocycles. The van der Waals surface area contributed by atoms with Gasteiger partial charge in [-0.2, -0.15) is 13.2 Å². The van der Waals surface area contributed by atoms with Gasteiger partial charge in [0.2, 0.25) is 15.9 Å². The highest BCUT2D eigenvalue weighted by Gasteiger charge is 2.32. The quantitative estimate of drug-likeness (QED) is 0.520. The van der Waals surface area contributed by atoms with Crippen LogP contribution in [0.3, 0.4) is 0 Å². The average Bonchev–Trinajstić information content (AvgIpc) is 3.15. The first kappa shape index (κ1) is 23.4. The van der Waals surface area contributed by atoms with E-state index in [1.165, 1.54) is 24.4 Å². The fourth-order valence-corrected chi connectivity index (χ4v) is 3.96. The normalized spacial score (nSPS) is 13.0. The lowest BCUT2D eigenvalue weighted by molar-refractivity contribution is -0.137. The fourth-order valence-electron chi connectivity index (χ4n) is 2.93. The van der Waals surface area contributed by atoms with Crippen LogP contribution in [-0.2, 0) is 28.0 Å². The van der Waals surface area contributed by atoms with Crippen molar-refractivity contribution in [3.8, 4) is 0 Å². The molecular weight excluding hydrogens is 452 g/mol. The smallest absolute Gasteiger partial charge is 0.341 e. The number of sulfonamides is 1. The summed E-state index contributed by atoms with van der Waals surface area (Å²) < 4.78 is 80.6. The van der Waals surface area contributed by atoms with Gasteiger partial charge in [-0.3, -0.25) is 4.79 Å². The van der Waals surface area contributed by atoms with Crippen LogP contribution in [0.1, 0.15) is 23.0 Å². The summed E-state index contributed by atoms with van der Waals surface area (Å²) in [7, 11) is -2.74. The SMILES string of the molecule is Cn1ccnc1C(NC(=O)CNS(=O)(=O)c1cccc(C(F)(F)F)c1)c1cccc(F)c1. The highest BCUT2D eigenvalue weighted by atomic mass is 32.2. The first-order valence-electron chi connectivity index (χ1n) is 9.16. The second-order valence-electron chi connectivity index (χ2n) is 6.80. The van der Waals surface area contributed by atoms with Gasteiger partial charge in [0.1, 0.15) is 17.7 Å². The third-order valence-electron chi connectivity index (χ3n) is 4.50. The number of nitrogens with one attached hydrogen (secondary N) is 2. The predicted octanol–water partition coefficient (Wildman–Crippen LogP) is 2.76. The molecule has 3 aromatic rings. The molecule has 32 heavy (non-hydrogen) atoms. The van der Waals surface area contributed by atoms with Gasteiger partial charge in [0.25, 0.3) is 0 Å². The Bertz CT molecular complexity index is 1230. The first-order valence-corrected chi connectivity index (χ1v) is 10.6. The molecule has 0 spiro atoms. The Kier molecular flexibility index (Phi) is 6.65. The van der Waals surface area contributed by atoms with Crippen molar-refractivity contribution in [3.05, 3.63) is 83.7 Å². The molecule has 0 fully saturated rings. The zero-order chi connectivity index (χ0) is 23.5. The third kappa shape index (κ3) is 5.51. The van der Waals surface area contributed by atoms with Gasteiger partial charge in [-0.1, -0.05) is 18.2 Å². The van der Waals surface area contributed by atoms with Gasteiger partial charge in [0.15, 0.2) is 0 Å². The second kappa shape index (κ2) is 9.09. The lowest BCUT2D eigenvalue weighted by Gasteiger charge is -2.19. The summed E-state index contributed by atoms with van der Waals surface area (Å²) in [5, 5.41) is 2.57. The Morgan fingerprint density at radius 1 is 1.16 bits per heavy atom. The lowest BCUT2D eigenvalue weighted by atomic mass is 10.1. The topological polar surface area (TPSA) is 93.1 Å². The number of rotatable bonds is 7. The summed E-state index contributed by atoms with van der Waals surface area (Å²) in [5.74, 6) is -0.969. The number of hydrogen-bond acceptors (Lipinski definition) is 4. The molecular formula is C20H18F4N4O3S. The van der Waals surface area contributed by atoms with Crippen LogP contribution >= 0.6 is 0 Å². The van der Waals surface area contributed by atoms with E-state index in [0.29, 0.717) is 17.5 Å². The fraction of sp³-hybridized carbons (Fsp3) is 0.200. The van der Waals surface area contributed by atoms with Gasteiger partial charge in [-0.15, -0.1) is 0 Å². The van der Waals surface area contributed by atoms with Gasteiger partial charge in [0, 0.05) is 19.4 Å². The molecule has 0 aliphatic heterocycles. The molecule has 1 unspecified atom stereocenters. The van der Waals surface area contributed by atoms with Crippen LogP contribution in [0.4, 0.5) is 17.6 Å². The van der Waals surface area contributed by atoms with Crippen molar-refractivity contribution in [2.45, 2.75) is 17.1 Å². The summed E-state index contributed by atoms with van der Waals surface area (Å²) in [5.41, 5.74) is -0.765. The number of hydrogen-bond donors (Lipinski definition) is 2. The standard InChI is InChI=1S/C20H18F4N4O3S/c1-28-9-8-25-19(28)18(13-4-2-6-15(21)10-13)27-17(29)12-26-32(30,31)16-7-3-5-14(11-16)20(22,23)24/h2-11,18,26H,12H2,1H3,(H,27,29). The molecule has 0 saturated carbocycles. The Labute approximate surface area is 181 Å². The van der Waals surface area contributed by atoms with Crippen molar-refractivity contribution < 1.29 is 30.8 Å². The minimum absolute atomic E-state index is 0.365.